The third-order valence-electron chi connectivity index (χ3n) is 3.72. The van der Waals surface area contributed by atoms with Crippen molar-refractivity contribution in [2.24, 2.45) is 5.73 Å². The van der Waals surface area contributed by atoms with Gasteiger partial charge in [-0.15, -0.1) is 0 Å². The average Bonchev–Trinajstić information content (AvgIpc) is 2.81. The summed E-state index contributed by atoms with van der Waals surface area (Å²) in [4.78, 5) is 23.7. The number of para-hydroxylation sites is 1. The molecule has 0 fully saturated rings. The second-order valence-corrected chi connectivity index (χ2v) is 5.13. The van der Waals surface area contributed by atoms with Crippen LogP contribution in [-0.2, 0) is 4.79 Å². The molecule has 0 saturated carbocycles. The summed E-state index contributed by atoms with van der Waals surface area (Å²) in [5, 5.41) is 14.8. The number of hydrogen-bond acceptors (Lipinski definition) is 3. The van der Waals surface area contributed by atoms with Gasteiger partial charge in [0.15, 0.2) is 0 Å². The molecule has 22 heavy (non-hydrogen) atoms. The number of aromatic hydroxyl groups is 1. The highest BCUT2D eigenvalue weighted by Crippen LogP contribution is 2.40. The van der Waals surface area contributed by atoms with Gasteiger partial charge in [-0.1, -0.05) is 30.3 Å². The SMILES string of the molecule is NC(=O)NC(c1ccc(O)cc1)C1C(=O)Nc2ccccc21. The van der Waals surface area contributed by atoms with Crippen LogP contribution in [0.2, 0.25) is 0 Å². The highest BCUT2D eigenvalue weighted by Gasteiger charge is 2.38. The molecule has 112 valence electrons. The molecule has 1 heterocycles. The molecule has 2 aromatic carbocycles. The van der Waals surface area contributed by atoms with E-state index in [0.717, 1.165) is 11.3 Å². The van der Waals surface area contributed by atoms with E-state index >= 15 is 0 Å². The number of anilines is 1. The topological polar surface area (TPSA) is 104 Å². The highest BCUT2D eigenvalue weighted by atomic mass is 16.3. The number of amides is 3. The Kier molecular flexibility index (Phi) is 3.42. The first kappa shape index (κ1) is 13.9. The summed E-state index contributed by atoms with van der Waals surface area (Å²) in [7, 11) is 0. The molecule has 3 amide bonds. The predicted molar refractivity (Wildman–Crippen MR) is 81.4 cm³/mol. The minimum atomic E-state index is -0.713. The molecular formula is C16H15N3O3. The number of benzene rings is 2. The Morgan fingerprint density at radius 2 is 1.86 bits per heavy atom. The Hall–Kier alpha value is -3.02. The first-order valence-electron chi connectivity index (χ1n) is 6.81. The van der Waals surface area contributed by atoms with E-state index in [1.807, 2.05) is 24.3 Å². The first-order chi connectivity index (χ1) is 10.6. The number of nitrogens with two attached hydrogens (primary N) is 1. The minimum Gasteiger partial charge on any atom is -0.508 e. The zero-order valence-corrected chi connectivity index (χ0v) is 11.6. The van der Waals surface area contributed by atoms with Crippen molar-refractivity contribution in [3.8, 4) is 5.75 Å². The van der Waals surface area contributed by atoms with Gasteiger partial charge in [-0.3, -0.25) is 4.79 Å². The Morgan fingerprint density at radius 1 is 1.18 bits per heavy atom. The third kappa shape index (κ3) is 2.46. The highest BCUT2D eigenvalue weighted by molar-refractivity contribution is 6.03. The predicted octanol–water partition coefficient (Wildman–Crippen LogP) is 1.84. The van der Waals surface area contributed by atoms with Crippen molar-refractivity contribution >= 4 is 17.6 Å². The zero-order chi connectivity index (χ0) is 15.7. The molecule has 2 unspecified atom stereocenters. The quantitative estimate of drug-likeness (QED) is 0.694. The van der Waals surface area contributed by atoms with Crippen molar-refractivity contribution in [2.45, 2.75) is 12.0 Å². The van der Waals surface area contributed by atoms with E-state index < -0.39 is 18.0 Å². The molecule has 0 aromatic heterocycles. The number of nitrogens with one attached hydrogen (secondary N) is 2. The van der Waals surface area contributed by atoms with Crippen LogP contribution >= 0.6 is 0 Å². The number of carbonyl (C=O) groups excluding carboxylic acids is 2. The fourth-order valence-electron chi connectivity index (χ4n) is 2.76. The molecule has 5 N–H and O–H groups in total. The Morgan fingerprint density at radius 3 is 2.55 bits per heavy atom. The van der Waals surface area contributed by atoms with Gasteiger partial charge < -0.3 is 21.5 Å². The van der Waals surface area contributed by atoms with Gasteiger partial charge in [0, 0.05) is 5.69 Å². The lowest BCUT2D eigenvalue weighted by Gasteiger charge is -2.23. The van der Waals surface area contributed by atoms with Crippen molar-refractivity contribution in [3.63, 3.8) is 0 Å². The summed E-state index contributed by atoms with van der Waals surface area (Å²) in [6.07, 6.45) is 0. The third-order valence-corrected chi connectivity index (χ3v) is 3.72. The molecule has 0 bridgehead atoms. The van der Waals surface area contributed by atoms with Crippen molar-refractivity contribution in [2.75, 3.05) is 5.32 Å². The Labute approximate surface area is 126 Å². The molecular weight excluding hydrogens is 282 g/mol. The van der Waals surface area contributed by atoms with Gasteiger partial charge in [-0.25, -0.2) is 4.79 Å². The smallest absolute Gasteiger partial charge is 0.312 e. The number of urea groups is 1. The maximum absolute atomic E-state index is 12.3. The van der Waals surface area contributed by atoms with Gasteiger partial charge >= 0.3 is 6.03 Å². The van der Waals surface area contributed by atoms with Crippen LogP contribution in [0.5, 0.6) is 5.75 Å². The van der Waals surface area contributed by atoms with Gasteiger partial charge in [0.05, 0.1) is 12.0 Å². The summed E-state index contributed by atoms with van der Waals surface area (Å²) in [6, 6.07) is 12.3. The molecule has 0 saturated heterocycles. The fraction of sp³-hybridized carbons (Fsp3) is 0.125. The molecule has 0 aliphatic carbocycles. The van der Waals surface area contributed by atoms with E-state index in [9.17, 15) is 14.7 Å². The lowest BCUT2D eigenvalue weighted by atomic mass is 9.88. The summed E-state index contributed by atoms with van der Waals surface area (Å²) in [5.41, 5.74) is 7.49. The van der Waals surface area contributed by atoms with E-state index in [1.165, 1.54) is 12.1 Å². The maximum atomic E-state index is 12.3. The molecule has 6 heteroatoms. The van der Waals surface area contributed by atoms with Gasteiger partial charge in [0.1, 0.15) is 5.75 Å². The number of rotatable bonds is 3. The first-order valence-corrected chi connectivity index (χ1v) is 6.81. The largest absolute Gasteiger partial charge is 0.508 e. The van der Waals surface area contributed by atoms with E-state index in [0.29, 0.717) is 5.56 Å². The molecule has 0 radical (unpaired) electrons. The van der Waals surface area contributed by atoms with Crippen LogP contribution in [0.3, 0.4) is 0 Å². The Balaban J connectivity index is 2.04. The molecule has 2 aromatic rings. The van der Waals surface area contributed by atoms with E-state index in [2.05, 4.69) is 10.6 Å². The zero-order valence-electron chi connectivity index (χ0n) is 11.6. The van der Waals surface area contributed by atoms with Crippen molar-refractivity contribution < 1.29 is 14.7 Å². The monoisotopic (exact) mass is 297 g/mol. The molecule has 2 atom stereocenters. The number of phenolic OH excluding ortho intramolecular Hbond substituents is 1. The molecule has 1 aliphatic heterocycles. The number of hydrogen-bond donors (Lipinski definition) is 4. The van der Waals surface area contributed by atoms with Crippen LogP contribution in [0.25, 0.3) is 0 Å². The normalized spacial score (nSPS) is 17.5. The van der Waals surface area contributed by atoms with Gasteiger partial charge in [0.2, 0.25) is 5.91 Å². The Bertz CT molecular complexity index is 728. The van der Waals surface area contributed by atoms with E-state index in [-0.39, 0.29) is 11.7 Å². The molecule has 6 nitrogen and oxygen atoms in total. The summed E-state index contributed by atoms with van der Waals surface area (Å²) >= 11 is 0. The summed E-state index contributed by atoms with van der Waals surface area (Å²) < 4.78 is 0. The maximum Gasteiger partial charge on any atom is 0.312 e. The average molecular weight is 297 g/mol. The lowest BCUT2D eigenvalue weighted by molar-refractivity contribution is -0.117. The minimum absolute atomic E-state index is 0.109. The van der Waals surface area contributed by atoms with Crippen molar-refractivity contribution in [3.05, 3.63) is 59.7 Å². The summed E-state index contributed by atoms with van der Waals surface area (Å²) in [6.45, 7) is 0. The van der Waals surface area contributed by atoms with E-state index in [4.69, 9.17) is 5.73 Å². The second-order valence-electron chi connectivity index (χ2n) is 5.13. The van der Waals surface area contributed by atoms with Gasteiger partial charge in [-0.05, 0) is 29.3 Å². The number of carbonyl (C=O) groups is 2. The molecule has 0 spiro atoms. The molecule has 3 rings (SSSR count). The number of phenols is 1. The van der Waals surface area contributed by atoms with Gasteiger partial charge in [0.25, 0.3) is 0 Å². The number of primary amides is 1. The van der Waals surface area contributed by atoms with Crippen molar-refractivity contribution in [1.82, 2.24) is 5.32 Å². The fourth-order valence-corrected chi connectivity index (χ4v) is 2.76. The standard InChI is InChI=1S/C16H15N3O3/c17-16(22)19-14(9-5-7-10(20)8-6-9)13-11-3-1-2-4-12(11)18-15(13)21/h1-8,13-14,20H,(H,18,21)(H3,17,19,22). The van der Waals surface area contributed by atoms with Crippen LogP contribution < -0.4 is 16.4 Å². The number of fused-ring (bicyclic) bond motifs is 1. The second kappa shape index (κ2) is 5.40. The van der Waals surface area contributed by atoms with Crippen LogP contribution in [0.4, 0.5) is 10.5 Å². The summed E-state index contributed by atoms with van der Waals surface area (Å²) in [5.74, 6) is -0.667. The van der Waals surface area contributed by atoms with Crippen LogP contribution in [0.15, 0.2) is 48.5 Å². The van der Waals surface area contributed by atoms with Gasteiger partial charge in [-0.2, -0.15) is 0 Å². The van der Waals surface area contributed by atoms with Crippen LogP contribution in [0, 0.1) is 0 Å². The lowest BCUT2D eigenvalue weighted by Crippen LogP contribution is -2.38. The molecule has 1 aliphatic rings. The van der Waals surface area contributed by atoms with Crippen LogP contribution in [-0.4, -0.2) is 17.0 Å². The van der Waals surface area contributed by atoms with E-state index in [1.54, 1.807) is 12.1 Å². The van der Waals surface area contributed by atoms with Crippen molar-refractivity contribution in [1.29, 1.82) is 0 Å². The van der Waals surface area contributed by atoms with Crippen LogP contribution in [0.1, 0.15) is 23.1 Å².